The Labute approximate surface area is 154 Å². The van der Waals surface area contributed by atoms with E-state index in [1.165, 1.54) is 0 Å². The summed E-state index contributed by atoms with van der Waals surface area (Å²) in [7, 11) is 1.92. The normalized spacial score (nSPS) is 16.4. The van der Waals surface area contributed by atoms with Gasteiger partial charge in [0, 0.05) is 43.7 Å². The molecule has 1 heterocycles. The summed E-state index contributed by atoms with van der Waals surface area (Å²) in [5.41, 5.74) is 2.27. The summed E-state index contributed by atoms with van der Waals surface area (Å²) in [6, 6.07) is 18.3. The molecule has 0 spiro atoms. The Bertz CT molecular complexity index is 681. The van der Waals surface area contributed by atoms with Crippen molar-refractivity contribution in [3.63, 3.8) is 0 Å². The van der Waals surface area contributed by atoms with Gasteiger partial charge in [0.1, 0.15) is 0 Å². The molecule has 0 aromatic heterocycles. The van der Waals surface area contributed by atoms with Crippen LogP contribution in [0.4, 0.5) is 0 Å². The number of rotatable bonds is 5. The van der Waals surface area contributed by atoms with E-state index >= 15 is 0 Å². The van der Waals surface area contributed by atoms with Crippen LogP contribution in [0.1, 0.15) is 36.3 Å². The lowest BCUT2D eigenvalue weighted by Gasteiger charge is -2.32. The molecule has 0 saturated carbocycles. The lowest BCUT2D eigenvalue weighted by Crippen LogP contribution is -2.41. The quantitative estimate of drug-likeness (QED) is 0.788. The average molecular weight is 358 g/mol. The van der Waals surface area contributed by atoms with Gasteiger partial charge in [-0.25, -0.2) is 0 Å². The summed E-state index contributed by atoms with van der Waals surface area (Å²) in [4.78, 5) is 14.8. The number of carbonyl (C=O) groups excluding carboxylic acids is 1. The Balaban J connectivity index is 1.79. The van der Waals surface area contributed by atoms with Crippen LogP contribution >= 0.6 is 11.6 Å². The number of benzene rings is 2. The van der Waals surface area contributed by atoms with Crippen LogP contribution in [0.2, 0.25) is 5.02 Å². The van der Waals surface area contributed by atoms with Crippen LogP contribution < -0.4 is 0 Å². The van der Waals surface area contributed by atoms with Crippen molar-refractivity contribution in [3.05, 3.63) is 70.7 Å². The first kappa shape index (κ1) is 18.0. The van der Waals surface area contributed by atoms with E-state index in [1.807, 2.05) is 54.4 Å². The molecule has 1 saturated heterocycles. The minimum atomic E-state index is 0.0354. The molecule has 2 aromatic carbocycles. The highest BCUT2D eigenvalue weighted by molar-refractivity contribution is 6.30. The van der Waals surface area contributed by atoms with Gasteiger partial charge >= 0.3 is 0 Å². The molecule has 3 rings (SSSR count). The molecule has 1 atom stereocenters. The molecule has 0 radical (unpaired) electrons. The lowest BCUT2D eigenvalue weighted by molar-refractivity contribution is -0.133. The highest BCUT2D eigenvalue weighted by atomic mass is 35.5. The third-order valence-corrected chi connectivity index (χ3v) is 5.24. The van der Waals surface area contributed by atoms with Gasteiger partial charge in [-0.3, -0.25) is 4.79 Å². The van der Waals surface area contributed by atoms with Crippen LogP contribution in [-0.4, -0.2) is 37.1 Å². The first-order valence-electron chi connectivity index (χ1n) is 8.79. The van der Waals surface area contributed by atoms with Crippen molar-refractivity contribution < 1.29 is 9.53 Å². The molecule has 0 N–H and O–H groups in total. The lowest BCUT2D eigenvalue weighted by atomic mass is 9.88. The summed E-state index contributed by atoms with van der Waals surface area (Å²) < 4.78 is 5.41. The van der Waals surface area contributed by atoms with Gasteiger partial charge in [-0.15, -0.1) is 0 Å². The van der Waals surface area contributed by atoms with Crippen LogP contribution in [-0.2, 0) is 9.53 Å². The van der Waals surface area contributed by atoms with Gasteiger partial charge < -0.3 is 9.64 Å². The molecule has 25 heavy (non-hydrogen) atoms. The first-order valence-corrected chi connectivity index (χ1v) is 9.17. The number of hydrogen-bond donors (Lipinski definition) is 0. The van der Waals surface area contributed by atoms with E-state index in [9.17, 15) is 4.79 Å². The zero-order chi connectivity index (χ0) is 17.6. The van der Waals surface area contributed by atoms with Gasteiger partial charge in [0.15, 0.2) is 0 Å². The molecule has 3 nitrogen and oxygen atoms in total. The fraction of sp³-hybridized carbons (Fsp3) is 0.381. The van der Waals surface area contributed by atoms with Crippen molar-refractivity contribution in [1.82, 2.24) is 4.90 Å². The fourth-order valence-electron chi connectivity index (χ4n) is 3.40. The van der Waals surface area contributed by atoms with E-state index in [1.54, 1.807) is 0 Å². The molecule has 0 bridgehead atoms. The van der Waals surface area contributed by atoms with Gasteiger partial charge in [0.2, 0.25) is 5.91 Å². The number of nitrogens with zero attached hydrogens (tertiary/aromatic N) is 1. The van der Waals surface area contributed by atoms with Crippen molar-refractivity contribution in [2.75, 3.05) is 20.3 Å². The van der Waals surface area contributed by atoms with Crippen LogP contribution in [0.5, 0.6) is 0 Å². The molecule has 1 aliphatic rings. The van der Waals surface area contributed by atoms with E-state index in [0.29, 0.717) is 11.4 Å². The molecule has 0 unspecified atom stereocenters. The van der Waals surface area contributed by atoms with Crippen LogP contribution in [0, 0.1) is 0 Å². The minimum absolute atomic E-state index is 0.0354. The maximum absolute atomic E-state index is 12.9. The second-order valence-electron chi connectivity index (χ2n) is 6.57. The number of halogens is 1. The van der Waals surface area contributed by atoms with Crippen LogP contribution in [0.25, 0.3) is 0 Å². The average Bonchev–Trinajstić information content (AvgIpc) is 2.67. The molecular formula is C21H24ClNO2. The van der Waals surface area contributed by atoms with Crippen LogP contribution in [0.15, 0.2) is 54.6 Å². The Morgan fingerprint density at radius 3 is 2.32 bits per heavy atom. The summed E-state index contributed by atoms with van der Waals surface area (Å²) in [6.45, 7) is 1.48. The Morgan fingerprint density at radius 2 is 1.68 bits per heavy atom. The molecule has 1 amide bonds. The maximum atomic E-state index is 12.9. The van der Waals surface area contributed by atoms with Crippen molar-refractivity contribution in [2.45, 2.75) is 31.2 Å². The predicted octanol–water partition coefficient (Wildman–Crippen LogP) is 4.50. The summed E-state index contributed by atoms with van der Waals surface area (Å²) in [6.07, 6.45) is 2.29. The van der Waals surface area contributed by atoms with E-state index in [4.69, 9.17) is 16.3 Å². The SMILES string of the molecule is CN(C(=O)C[C@@H](c1ccccc1)c1ccc(Cl)cc1)C1CCOCC1. The Kier molecular flexibility index (Phi) is 6.11. The third kappa shape index (κ3) is 4.62. The monoisotopic (exact) mass is 357 g/mol. The molecule has 1 fully saturated rings. The fourth-order valence-corrected chi connectivity index (χ4v) is 3.53. The molecule has 132 valence electrons. The molecular weight excluding hydrogens is 334 g/mol. The van der Waals surface area contributed by atoms with Crippen molar-refractivity contribution in [3.8, 4) is 0 Å². The molecule has 1 aliphatic heterocycles. The van der Waals surface area contributed by atoms with Gasteiger partial charge in [-0.1, -0.05) is 54.1 Å². The van der Waals surface area contributed by atoms with E-state index < -0.39 is 0 Å². The highest BCUT2D eigenvalue weighted by Crippen LogP contribution is 2.30. The summed E-state index contributed by atoms with van der Waals surface area (Å²) >= 11 is 6.03. The Morgan fingerprint density at radius 1 is 1.08 bits per heavy atom. The number of carbonyl (C=O) groups is 1. The van der Waals surface area contributed by atoms with Gasteiger partial charge in [0.05, 0.1) is 0 Å². The summed E-state index contributed by atoms with van der Waals surface area (Å²) in [5.74, 6) is 0.212. The smallest absolute Gasteiger partial charge is 0.223 e. The van der Waals surface area contributed by atoms with Crippen molar-refractivity contribution in [1.29, 1.82) is 0 Å². The number of ether oxygens (including phenoxy) is 1. The maximum Gasteiger partial charge on any atom is 0.223 e. The highest BCUT2D eigenvalue weighted by Gasteiger charge is 2.26. The molecule has 0 aliphatic carbocycles. The van der Waals surface area contributed by atoms with Gasteiger partial charge in [0.25, 0.3) is 0 Å². The zero-order valence-electron chi connectivity index (χ0n) is 14.5. The predicted molar refractivity (Wildman–Crippen MR) is 101 cm³/mol. The van der Waals surface area contributed by atoms with Gasteiger partial charge in [-0.2, -0.15) is 0 Å². The van der Waals surface area contributed by atoms with E-state index in [0.717, 1.165) is 37.2 Å². The van der Waals surface area contributed by atoms with Crippen molar-refractivity contribution >= 4 is 17.5 Å². The van der Waals surface area contributed by atoms with Crippen LogP contribution in [0.3, 0.4) is 0 Å². The largest absolute Gasteiger partial charge is 0.381 e. The van der Waals surface area contributed by atoms with E-state index in [2.05, 4.69) is 12.1 Å². The minimum Gasteiger partial charge on any atom is -0.381 e. The number of hydrogen-bond acceptors (Lipinski definition) is 2. The number of amides is 1. The van der Waals surface area contributed by atoms with Gasteiger partial charge in [-0.05, 0) is 36.1 Å². The second kappa shape index (κ2) is 8.50. The molecule has 4 heteroatoms. The first-order chi connectivity index (χ1) is 12.1. The van der Waals surface area contributed by atoms with E-state index in [-0.39, 0.29) is 17.9 Å². The topological polar surface area (TPSA) is 29.5 Å². The summed E-state index contributed by atoms with van der Waals surface area (Å²) in [5, 5.41) is 0.709. The molecule has 2 aromatic rings. The zero-order valence-corrected chi connectivity index (χ0v) is 15.3. The standard InChI is InChI=1S/C21H24ClNO2/c1-23(19-11-13-25-14-12-19)21(24)15-20(16-5-3-2-4-6-16)17-7-9-18(22)10-8-17/h2-10,19-20H,11-15H2,1H3/t20-/m0/s1. The Hall–Kier alpha value is -1.84. The van der Waals surface area contributed by atoms with Crippen molar-refractivity contribution in [2.24, 2.45) is 0 Å². The third-order valence-electron chi connectivity index (χ3n) is 4.98. The second-order valence-corrected chi connectivity index (χ2v) is 7.00.